The van der Waals surface area contributed by atoms with E-state index in [1.807, 2.05) is 43.3 Å². The highest BCUT2D eigenvalue weighted by molar-refractivity contribution is 5.44. The van der Waals surface area contributed by atoms with Gasteiger partial charge in [-0.15, -0.1) is 0 Å². The number of ether oxygens (including phenoxy) is 1. The summed E-state index contributed by atoms with van der Waals surface area (Å²) in [4.78, 5) is 4.25. The fourth-order valence-corrected chi connectivity index (χ4v) is 1.61. The zero-order chi connectivity index (χ0) is 12.8. The highest BCUT2D eigenvalue weighted by atomic mass is 16.5. The molecular formula is C14H17N3O. The number of hydrogen-bond donors (Lipinski definition) is 2. The predicted octanol–water partition coefficient (Wildman–Crippen LogP) is 2.46. The van der Waals surface area contributed by atoms with Gasteiger partial charge in [0.05, 0.1) is 6.54 Å². The summed E-state index contributed by atoms with van der Waals surface area (Å²) in [6.45, 7) is 3.29. The number of benzene rings is 1. The average molecular weight is 243 g/mol. The predicted molar refractivity (Wildman–Crippen MR) is 73.8 cm³/mol. The van der Waals surface area contributed by atoms with Crippen LogP contribution < -0.4 is 15.8 Å². The molecule has 0 saturated carbocycles. The third-order valence-corrected chi connectivity index (χ3v) is 2.53. The Bertz CT molecular complexity index is 514. The summed E-state index contributed by atoms with van der Waals surface area (Å²) in [5.74, 6) is 1.68. The molecule has 0 fully saturated rings. The van der Waals surface area contributed by atoms with Gasteiger partial charge in [0.15, 0.2) is 0 Å². The van der Waals surface area contributed by atoms with E-state index in [2.05, 4.69) is 10.3 Å². The number of hydrogen-bond acceptors (Lipinski definition) is 4. The van der Waals surface area contributed by atoms with Crippen LogP contribution in [0.4, 0.5) is 11.5 Å². The topological polar surface area (TPSA) is 60.2 Å². The number of anilines is 2. The van der Waals surface area contributed by atoms with E-state index in [9.17, 15) is 0 Å². The van der Waals surface area contributed by atoms with E-state index >= 15 is 0 Å². The molecule has 0 atom stereocenters. The molecule has 0 unspecified atom stereocenters. The Labute approximate surface area is 107 Å². The summed E-state index contributed by atoms with van der Waals surface area (Å²) in [5, 5.41) is 3.23. The first-order valence-corrected chi connectivity index (χ1v) is 5.89. The van der Waals surface area contributed by atoms with Crippen molar-refractivity contribution in [2.45, 2.75) is 6.92 Å². The summed E-state index contributed by atoms with van der Waals surface area (Å²) in [6, 6.07) is 11.4. The monoisotopic (exact) mass is 243 g/mol. The van der Waals surface area contributed by atoms with Crippen molar-refractivity contribution in [2.75, 3.05) is 24.2 Å². The first-order valence-electron chi connectivity index (χ1n) is 5.89. The van der Waals surface area contributed by atoms with E-state index in [-0.39, 0.29) is 0 Å². The number of nitrogens with two attached hydrogens (primary N) is 1. The number of rotatable bonds is 5. The van der Waals surface area contributed by atoms with Crippen LogP contribution >= 0.6 is 0 Å². The van der Waals surface area contributed by atoms with E-state index in [1.165, 1.54) is 0 Å². The number of nitrogens with zero attached hydrogens (tertiary/aromatic N) is 1. The third-order valence-electron chi connectivity index (χ3n) is 2.53. The summed E-state index contributed by atoms with van der Waals surface area (Å²) >= 11 is 0. The number of pyridine rings is 1. The molecule has 18 heavy (non-hydrogen) atoms. The van der Waals surface area contributed by atoms with Crippen molar-refractivity contribution in [2.24, 2.45) is 0 Å². The van der Waals surface area contributed by atoms with Gasteiger partial charge in [-0.2, -0.15) is 0 Å². The molecule has 0 aliphatic rings. The molecule has 0 amide bonds. The van der Waals surface area contributed by atoms with Gasteiger partial charge in [-0.3, -0.25) is 0 Å². The molecule has 3 N–H and O–H groups in total. The lowest BCUT2D eigenvalue weighted by molar-refractivity contribution is 0.333. The van der Waals surface area contributed by atoms with Crippen molar-refractivity contribution in [1.82, 2.24) is 4.98 Å². The first-order chi connectivity index (χ1) is 8.75. The molecule has 2 aromatic rings. The highest BCUT2D eigenvalue weighted by Gasteiger charge is 1.98. The van der Waals surface area contributed by atoms with Crippen molar-refractivity contribution in [3.05, 3.63) is 48.2 Å². The molecule has 0 aliphatic heterocycles. The average Bonchev–Trinajstić information content (AvgIpc) is 2.37. The smallest absolute Gasteiger partial charge is 0.128 e. The van der Waals surface area contributed by atoms with Crippen molar-refractivity contribution in [3.8, 4) is 5.75 Å². The van der Waals surface area contributed by atoms with Crippen LogP contribution in [0.1, 0.15) is 5.56 Å². The van der Waals surface area contributed by atoms with Gasteiger partial charge in [0.1, 0.15) is 18.2 Å². The lowest BCUT2D eigenvalue weighted by Crippen LogP contribution is -2.13. The molecule has 4 heteroatoms. The Hall–Kier alpha value is -2.23. The Morgan fingerprint density at radius 1 is 1.28 bits per heavy atom. The van der Waals surface area contributed by atoms with Gasteiger partial charge in [0.2, 0.25) is 0 Å². The van der Waals surface area contributed by atoms with Gasteiger partial charge < -0.3 is 15.8 Å². The minimum Gasteiger partial charge on any atom is -0.492 e. The summed E-state index contributed by atoms with van der Waals surface area (Å²) in [5.41, 5.74) is 7.50. The van der Waals surface area contributed by atoms with Gasteiger partial charge in [0, 0.05) is 18.0 Å². The molecule has 1 aromatic carbocycles. The van der Waals surface area contributed by atoms with E-state index in [0.29, 0.717) is 18.8 Å². The maximum absolute atomic E-state index is 5.67. The summed E-state index contributed by atoms with van der Waals surface area (Å²) in [7, 11) is 0. The quantitative estimate of drug-likeness (QED) is 0.625. The fourth-order valence-electron chi connectivity index (χ4n) is 1.61. The van der Waals surface area contributed by atoms with Crippen LogP contribution in [0, 0.1) is 6.92 Å². The molecule has 2 rings (SSSR count). The lowest BCUT2D eigenvalue weighted by atomic mass is 10.3. The van der Waals surface area contributed by atoms with Gasteiger partial charge in [-0.05, 0) is 30.7 Å². The van der Waals surface area contributed by atoms with Crippen molar-refractivity contribution in [3.63, 3.8) is 0 Å². The highest BCUT2D eigenvalue weighted by Crippen LogP contribution is 2.14. The third kappa shape index (κ3) is 3.38. The van der Waals surface area contributed by atoms with Crippen LogP contribution in [0.3, 0.4) is 0 Å². The molecule has 1 heterocycles. The second-order valence-corrected chi connectivity index (χ2v) is 4.02. The van der Waals surface area contributed by atoms with E-state index in [1.54, 1.807) is 6.20 Å². The molecule has 0 bridgehead atoms. The molecule has 94 valence electrons. The molecule has 1 aromatic heterocycles. The number of nitrogen functional groups attached to an aromatic ring is 1. The van der Waals surface area contributed by atoms with Gasteiger partial charge in [-0.1, -0.05) is 12.1 Å². The molecule has 0 aliphatic carbocycles. The molecule has 0 spiro atoms. The van der Waals surface area contributed by atoms with Crippen molar-refractivity contribution in [1.29, 1.82) is 0 Å². The van der Waals surface area contributed by atoms with Crippen LogP contribution in [-0.4, -0.2) is 18.1 Å². The maximum atomic E-state index is 5.67. The number of aryl methyl sites for hydroxylation is 1. The van der Waals surface area contributed by atoms with Crippen molar-refractivity contribution < 1.29 is 4.74 Å². The first kappa shape index (κ1) is 12.2. The maximum Gasteiger partial charge on any atom is 0.128 e. The molecular weight excluding hydrogens is 226 g/mol. The molecule has 0 radical (unpaired) electrons. The summed E-state index contributed by atoms with van der Waals surface area (Å²) < 4.78 is 5.58. The van der Waals surface area contributed by atoms with Gasteiger partial charge in [-0.25, -0.2) is 4.98 Å². The Balaban J connectivity index is 1.78. The zero-order valence-corrected chi connectivity index (χ0v) is 10.4. The van der Waals surface area contributed by atoms with Crippen LogP contribution in [0.5, 0.6) is 5.75 Å². The van der Waals surface area contributed by atoms with E-state index < -0.39 is 0 Å². The van der Waals surface area contributed by atoms with Crippen LogP contribution in [0.25, 0.3) is 0 Å². The minimum atomic E-state index is 0.569. The fraction of sp³-hybridized carbons (Fsp3) is 0.214. The zero-order valence-electron chi connectivity index (χ0n) is 10.4. The lowest BCUT2D eigenvalue weighted by Gasteiger charge is -2.09. The largest absolute Gasteiger partial charge is 0.492 e. The Morgan fingerprint density at radius 2 is 2.17 bits per heavy atom. The molecule has 0 saturated heterocycles. The number of aromatic nitrogens is 1. The van der Waals surface area contributed by atoms with E-state index in [0.717, 1.165) is 17.1 Å². The summed E-state index contributed by atoms with van der Waals surface area (Å²) in [6.07, 6.45) is 1.77. The molecule has 4 nitrogen and oxygen atoms in total. The standard InChI is InChI=1S/C14H17N3O/c1-11-4-3-7-16-14(11)17-8-9-18-13-6-2-5-12(15)10-13/h2-7,10H,8-9,15H2,1H3,(H,16,17). The van der Waals surface area contributed by atoms with Gasteiger partial charge in [0.25, 0.3) is 0 Å². The normalized spacial score (nSPS) is 10.1. The van der Waals surface area contributed by atoms with E-state index in [4.69, 9.17) is 10.5 Å². The van der Waals surface area contributed by atoms with Crippen LogP contribution in [-0.2, 0) is 0 Å². The second kappa shape index (κ2) is 5.91. The SMILES string of the molecule is Cc1cccnc1NCCOc1cccc(N)c1. The van der Waals surface area contributed by atoms with Gasteiger partial charge >= 0.3 is 0 Å². The second-order valence-electron chi connectivity index (χ2n) is 4.02. The number of nitrogens with one attached hydrogen (secondary N) is 1. The Kier molecular flexibility index (Phi) is 4.02. The minimum absolute atomic E-state index is 0.569. The van der Waals surface area contributed by atoms with Crippen LogP contribution in [0.2, 0.25) is 0 Å². The van der Waals surface area contributed by atoms with Crippen LogP contribution in [0.15, 0.2) is 42.6 Å². The van der Waals surface area contributed by atoms with Crippen molar-refractivity contribution >= 4 is 11.5 Å². The Morgan fingerprint density at radius 3 is 2.94 bits per heavy atom.